The summed E-state index contributed by atoms with van der Waals surface area (Å²) in [5, 5.41) is 6.16. The lowest BCUT2D eigenvalue weighted by Crippen LogP contribution is -2.39. The van der Waals surface area contributed by atoms with E-state index in [1.807, 2.05) is 13.0 Å². The van der Waals surface area contributed by atoms with Gasteiger partial charge in [0.25, 0.3) is 5.91 Å². The SMILES string of the molecule is CCNC(=NCc1cccc(OCC(N)=O)c1)NCCOc1ccc(F)cc1F.I. The Bertz CT molecular complexity index is 853. The van der Waals surface area contributed by atoms with E-state index in [0.29, 0.717) is 31.3 Å². The minimum absolute atomic E-state index is 0. The molecule has 4 N–H and O–H groups in total. The van der Waals surface area contributed by atoms with Crippen LogP contribution in [0.25, 0.3) is 0 Å². The summed E-state index contributed by atoms with van der Waals surface area (Å²) < 4.78 is 37.0. The molecule has 7 nitrogen and oxygen atoms in total. The van der Waals surface area contributed by atoms with E-state index in [2.05, 4.69) is 15.6 Å². The number of hydrogen-bond donors (Lipinski definition) is 3. The van der Waals surface area contributed by atoms with Gasteiger partial charge >= 0.3 is 0 Å². The van der Waals surface area contributed by atoms with Crippen molar-refractivity contribution in [1.29, 1.82) is 0 Å². The van der Waals surface area contributed by atoms with Crippen LogP contribution in [0.2, 0.25) is 0 Å². The van der Waals surface area contributed by atoms with Crippen molar-refractivity contribution < 1.29 is 23.0 Å². The molecule has 0 fully saturated rings. The zero-order chi connectivity index (χ0) is 21.1. The van der Waals surface area contributed by atoms with Gasteiger partial charge in [0, 0.05) is 12.6 Å². The molecule has 0 heterocycles. The third-order valence-electron chi connectivity index (χ3n) is 3.59. The summed E-state index contributed by atoms with van der Waals surface area (Å²) in [5.74, 6) is -0.872. The van der Waals surface area contributed by atoms with Gasteiger partial charge in [-0.2, -0.15) is 0 Å². The fourth-order valence-corrected chi connectivity index (χ4v) is 2.32. The van der Waals surface area contributed by atoms with Crippen LogP contribution < -0.4 is 25.8 Å². The van der Waals surface area contributed by atoms with Gasteiger partial charge in [-0.3, -0.25) is 4.79 Å². The third kappa shape index (κ3) is 9.25. The van der Waals surface area contributed by atoms with Crippen LogP contribution in [0.4, 0.5) is 8.78 Å². The molecule has 0 aromatic heterocycles. The van der Waals surface area contributed by atoms with Crippen molar-refractivity contribution in [2.45, 2.75) is 13.5 Å². The van der Waals surface area contributed by atoms with E-state index < -0.39 is 17.5 Å². The molecule has 0 saturated carbocycles. The number of primary amides is 1. The molecule has 164 valence electrons. The lowest BCUT2D eigenvalue weighted by atomic mass is 10.2. The Morgan fingerprint density at radius 3 is 2.63 bits per heavy atom. The number of hydrogen-bond acceptors (Lipinski definition) is 4. The molecule has 0 spiro atoms. The van der Waals surface area contributed by atoms with Crippen molar-refractivity contribution in [2.75, 3.05) is 26.3 Å². The first-order valence-electron chi connectivity index (χ1n) is 9.08. The molecule has 0 aliphatic rings. The van der Waals surface area contributed by atoms with Crippen molar-refractivity contribution >= 4 is 35.8 Å². The van der Waals surface area contributed by atoms with E-state index in [4.69, 9.17) is 15.2 Å². The Morgan fingerprint density at radius 1 is 1.13 bits per heavy atom. The van der Waals surface area contributed by atoms with Crippen LogP contribution in [-0.2, 0) is 11.3 Å². The molecule has 2 rings (SSSR count). The monoisotopic (exact) mass is 534 g/mol. The molecule has 1 amide bonds. The molecule has 0 bridgehead atoms. The first kappa shape index (κ1) is 25.4. The minimum Gasteiger partial charge on any atom is -0.489 e. The van der Waals surface area contributed by atoms with Gasteiger partial charge in [-0.05, 0) is 36.8 Å². The summed E-state index contributed by atoms with van der Waals surface area (Å²) in [5.41, 5.74) is 5.95. The summed E-state index contributed by atoms with van der Waals surface area (Å²) in [7, 11) is 0. The minimum atomic E-state index is -0.746. The molecule has 30 heavy (non-hydrogen) atoms. The number of carbonyl (C=O) groups is 1. The van der Waals surface area contributed by atoms with Gasteiger partial charge in [-0.25, -0.2) is 13.8 Å². The Balaban J connectivity index is 0.00000450. The van der Waals surface area contributed by atoms with Crippen LogP contribution in [0.15, 0.2) is 47.5 Å². The molecule has 2 aromatic rings. The maximum Gasteiger partial charge on any atom is 0.255 e. The van der Waals surface area contributed by atoms with E-state index >= 15 is 0 Å². The Kier molecular flexibility index (Phi) is 11.5. The van der Waals surface area contributed by atoms with Crippen LogP contribution in [-0.4, -0.2) is 38.2 Å². The summed E-state index contributed by atoms with van der Waals surface area (Å²) in [4.78, 5) is 15.3. The third-order valence-corrected chi connectivity index (χ3v) is 3.59. The number of benzene rings is 2. The lowest BCUT2D eigenvalue weighted by molar-refractivity contribution is -0.119. The van der Waals surface area contributed by atoms with Crippen molar-refractivity contribution in [3.05, 3.63) is 59.7 Å². The number of guanidine groups is 1. The Hall–Kier alpha value is -2.63. The summed E-state index contributed by atoms with van der Waals surface area (Å²) >= 11 is 0. The first-order chi connectivity index (χ1) is 14.0. The lowest BCUT2D eigenvalue weighted by Gasteiger charge is -2.12. The topological polar surface area (TPSA) is 98.0 Å². The first-order valence-corrected chi connectivity index (χ1v) is 9.08. The number of amides is 1. The number of carbonyl (C=O) groups excluding carboxylic acids is 1. The molecule has 0 unspecified atom stereocenters. The number of nitrogens with two attached hydrogens (primary N) is 1. The highest BCUT2D eigenvalue weighted by Gasteiger charge is 2.05. The van der Waals surface area contributed by atoms with E-state index in [9.17, 15) is 13.6 Å². The second-order valence-electron chi connectivity index (χ2n) is 5.95. The van der Waals surface area contributed by atoms with Gasteiger partial charge in [0.15, 0.2) is 24.1 Å². The quantitative estimate of drug-likeness (QED) is 0.189. The zero-order valence-electron chi connectivity index (χ0n) is 16.5. The Morgan fingerprint density at radius 2 is 1.93 bits per heavy atom. The molecular formula is C20H25F2IN4O3. The van der Waals surface area contributed by atoms with Gasteiger partial charge in [-0.1, -0.05) is 12.1 Å². The van der Waals surface area contributed by atoms with E-state index in [0.717, 1.165) is 17.7 Å². The standard InChI is InChI=1S/C20H24F2N4O3.HI/c1-2-24-20(25-8-9-28-18-7-6-15(21)11-17(18)22)26-12-14-4-3-5-16(10-14)29-13-19(23)27;/h3-7,10-11H,2,8-9,12-13H2,1H3,(H2,23,27)(H2,24,25,26);1H. The average Bonchev–Trinajstić information content (AvgIpc) is 2.69. The molecule has 10 heteroatoms. The van der Waals surface area contributed by atoms with Crippen LogP contribution >= 0.6 is 24.0 Å². The highest BCUT2D eigenvalue weighted by molar-refractivity contribution is 14.0. The fraction of sp³-hybridized carbons (Fsp3) is 0.300. The Labute approximate surface area is 191 Å². The largest absolute Gasteiger partial charge is 0.489 e. The maximum atomic E-state index is 13.5. The van der Waals surface area contributed by atoms with E-state index in [1.54, 1.807) is 18.2 Å². The smallest absolute Gasteiger partial charge is 0.255 e. The maximum absolute atomic E-state index is 13.5. The highest BCUT2D eigenvalue weighted by atomic mass is 127. The molecule has 0 aliphatic carbocycles. The predicted molar refractivity (Wildman–Crippen MR) is 121 cm³/mol. The summed E-state index contributed by atoms with van der Waals surface area (Å²) in [6, 6.07) is 10.3. The van der Waals surface area contributed by atoms with Gasteiger partial charge in [0.1, 0.15) is 18.2 Å². The van der Waals surface area contributed by atoms with Gasteiger partial charge in [0.2, 0.25) is 0 Å². The van der Waals surface area contributed by atoms with Crippen LogP contribution in [0, 0.1) is 11.6 Å². The normalized spacial score (nSPS) is 10.7. The van der Waals surface area contributed by atoms with Crippen molar-refractivity contribution in [3.63, 3.8) is 0 Å². The number of nitrogens with zero attached hydrogens (tertiary/aromatic N) is 1. The molecule has 0 aliphatic heterocycles. The van der Waals surface area contributed by atoms with Gasteiger partial charge in [0.05, 0.1) is 13.1 Å². The average molecular weight is 534 g/mol. The van der Waals surface area contributed by atoms with Gasteiger partial charge in [-0.15, -0.1) is 24.0 Å². The molecule has 0 radical (unpaired) electrons. The van der Waals surface area contributed by atoms with E-state index in [-0.39, 0.29) is 42.9 Å². The van der Waals surface area contributed by atoms with Crippen molar-refractivity contribution in [2.24, 2.45) is 10.7 Å². The highest BCUT2D eigenvalue weighted by Crippen LogP contribution is 2.17. The number of ether oxygens (including phenoxy) is 2. The molecular weight excluding hydrogens is 509 g/mol. The molecule has 0 saturated heterocycles. The number of nitrogens with one attached hydrogen (secondary N) is 2. The summed E-state index contributed by atoms with van der Waals surface area (Å²) in [6.45, 7) is 3.30. The van der Waals surface area contributed by atoms with Crippen molar-refractivity contribution in [3.8, 4) is 11.5 Å². The number of rotatable bonds is 10. The zero-order valence-corrected chi connectivity index (χ0v) is 18.8. The molecule has 0 atom stereocenters. The van der Waals surface area contributed by atoms with Crippen LogP contribution in [0.5, 0.6) is 11.5 Å². The number of halogens is 3. The second-order valence-corrected chi connectivity index (χ2v) is 5.95. The van der Waals surface area contributed by atoms with Gasteiger partial charge < -0.3 is 25.8 Å². The van der Waals surface area contributed by atoms with Crippen LogP contribution in [0.3, 0.4) is 0 Å². The fourth-order valence-electron chi connectivity index (χ4n) is 2.32. The molecule has 2 aromatic carbocycles. The van der Waals surface area contributed by atoms with E-state index in [1.165, 1.54) is 6.07 Å². The second kappa shape index (κ2) is 13.6. The summed E-state index contributed by atoms with van der Waals surface area (Å²) in [6.07, 6.45) is 0. The predicted octanol–water partition coefficient (Wildman–Crippen LogP) is 2.58. The van der Waals surface area contributed by atoms with Crippen molar-refractivity contribution in [1.82, 2.24) is 10.6 Å². The van der Waals surface area contributed by atoms with Crippen LogP contribution in [0.1, 0.15) is 12.5 Å². The number of aliphatic imine (C=N–C) groups is 1.